The van der Waals surface area contributed by atoms with Crippen LogP contribution in [0.4, 0.5) is 0 Å². The molecule has 0 bridgehead atoms. The van der Waals surface area contributed by atoms with E-state index in [1.807, 2.05) is 18.2 Å². The van der Waals surface area contributed by atoms with E-state index in [0.717, 1.165) is 21.7 Å². The van der Waals surface area contributed by atoms with Gasteiger partial charge in [0.2, 0.25) is 0 Å². The van der Waals surface area contributed by atoms with E-state index >= 15 is 0 Å². The Kier molecular flexibility index (Phi) is 9.98. The monoisotopic (exact) mass is 383 g/mol. The van der Waals surface area contributed by atoms with E-state index in [4.69, 9.17) is 0 Å². The second kappa shape index (κ2) is 12.2. The van der Waals surface area contributed by atoms with Gasteiger partial charge in [0.25, 0.3) is 0 Å². The molecule has 2 rings (SSSR count). The fourth-order valence-corrected chi connectivity index (χ4v) is 2.67. The maximum absolute atomic E-state index is 4.18. The lowest BCUT2D eigenvalue weighted by Crippen LogP contribution is -2.29. The quantitative estimate of drug-likeness (QED) is 0.579. The standard InChI is InChI=1S/C24H27N.C4H6/c1-7-9-24-18(4)10-8-11-23(24)16-25-20(6)22-14-12-21(13-15-22)19(5)17(2)3;1-3-4-2/h7-15,25H,1,4,6,16H2,2-3,5H3;3-4H,1-2H2/b24-9+;. The molecule has 0 heterocycles. The van der Waals surface area contributed by atoms with Crippen LogP contribution in [-0.4, -0.2) is 0 Å². The van der Waals surface area contributed by atoms with Crippen molar-refractivity contribution >= 4 is 23.9 Å². The van der Waals surface area contributed by atoms with Gasteiger partial charge in [0.1, 0.15) is 0 Å². The average Bonchev–Trinajstić information content (AvgIpc) is 2.73. The van der Waals surface area contributed by atoms with E-state index in [1.54, 1.807) is 18.2 Å². The molecule has 1 N–H and O–H groups in total. The molecule has 29 heavy (non-hydrogen) atoms. The summed E-state index contributed by atoms with van der Waals surface area (Å²) in [5.41, 5.74) is 7.12. The van der Waals surface area contributed by atoms with Crippen molar-refractivity contribution in [1.29, 1.82) is 0 Å². The van der Waals surface area contributed by atoms with E-state index < -0.39 is 0 Å². The van der Waals surface area contributed by atoms with E-state index in [-0.39, 0.29) is 0 Å². The molecule has 0 fully saturated rings. The molecule has 0 spiro atoms. The molecule has 0 aliphatic heterocycles. The van der Waals surface area contributed by atoms with Crippen LogP contribution in [0.5, 0.6) is 0 Å². The predicted molar refractivity (Wildman–Crippen MR) is 133 cm³/mol. The van der Waals surface area contributed by atoms with E-state index in [2.05, 4.69) is 89.3 Å². The second-order valence-electron chi connectivity index (χ2n) is 6.90. The van der Waals surface area contributed by atoms with Gasteiger partial charge in [-0.25, -0.2) is 0 Å². The highest BCUT2D eigenvalue weighted by Crippen LogP contribution is 2.20. The van der Waals surface area contributed by atoms with Gasteiger partial charge in [-0.05, 0) is 53.5 Å². The molecule has 2 aromatic carbocycles. The fourth-order valence-electron chi connectivity index (χ4n) is 2.67. The molecule has 0 saturated carbocycles. The average molecular weight is 384 g/mol. The Bertz CT molecular complexity index is 991. The minimum atomic E-state index is 0.705. The van der Waals surface area contributed by atoms with Crippen LogP contribution in [-0.2, 0) is 6.54 Å². The molecule has 2 aromatic rings. The van der Waals surface area contributed by atoms with E-state index in [0.29, 0.717) is 6.54 Å². The Labute approximate surface area is 176 Å². The summed E-state index contributed by atoms with van der Waals surface area (Å²) in [6.45, 7) is 25.9. The zero-order chi connectivity index (χ0) is 21.8. The first-order valence-corrected chi connectivity index (χ1v) is 9.66. The second-order valence-corrected chi connectivity index (χ2v) is 6.90. The third kappa shape index (κ3) is 7.31. The Morgan fingerprint density at radius 3 is 1.97 bits per heavy atom. The van der Waals surface area contributed by atoms with Crippen molar-refractivity contribution in [3.63, 3.8) is 0 Å². The maximum atomic E-state index is 4.18. The molecule has 0 aliphatic carbocycles. The van der Waals surface area contributed by atoms with Gasteiger partial charge < -0.3 is 5.32 Å². The zero-order valence-electron chi connectivity index (χ0n) is 18.1. The number of benzene rings is 2. The van der Waals surface area contributed by atoms with Crippen molar-refractivity contribution in [2.24, 2.45) is 0 Å². The first-order chi connectivity index (χ1) is 13.8. The molecule has 150 valence electrons. The summed E-state index contributed by atoms with van der Waals surface area (Å²) in [6, 6.07) is 14.7. The third-order valence-electron chi connectivity index (χ3n) is 4.65. The summed E-state index contributed by atoms with van der Waals surface area (Å²) < 4.78 is 0. The van der Waals surface area contributed by atoms with Crippen molar-refractivity contribution in [2.45, 2.75) is 27.3 Å². The Hall–Kier alpha value is -3.32. The van der Waals surface area contributed by atoms with Gasteiger partial charge in [0.05, 0.1) is 0 Å². The van der Waals surface area contributed by atoms with Crippen LogP contribution in [0, 0.1) is 0 Å². The number of hydrogen-bond acceptors (Lipinski definition) is 1. The number of rotatable bonds is 7. The van der Waals surface area contributed by atoms with Gasteiger partial charge >= 0.3 is 0 Å². The number of nitrogens with one attached hydrogen (secondary N) is 1. The largest absolute Gasteiger partial charge is 0.381 e. The fraction of sp³-hybridized carbons (Fsp3) is 0.143. The lowest BCUT2D eigenvalue weighted by Gasteiger charge is -2.12. The molecule has 0 radical (unpaired) electrons. The Morgan fingerprint density at radius 1 is 0.862 bits per heavy atom. The molecule has 0 unspecified atom stereocenters. The molecule has 0 atom stereocenters. The topological polar surface area (TPSA) is 12.0 Å². The van der Waals surface area contributed by atoms with Crippen molar-refractivity contribution < 1.29 is 0 Å². The van der Waals surface area contributed by atoms with Crippen LogP contribution < -0.4 is 15.8 Å². The van der Waals surface area contributed by atoms with Crippen LogP contribution in [0.15, 0.2) is 92.6 Å². The summed E-state index contributed by atoms with van der Waals surface area (Å²) in [7, 11) is 0. The van der Waals surface area contributed by atoms with Gasteiger partial charge in [-0.2, -0.15) is 0 Å². The molecule has 1 heteroatoms. The normalized spacial score (nSPS) is 10.2. The van der Waals surface area contributed by atoms with Gasteiger partial charge in [-0.15, -0.1) is 0 Å². The summed E-state index contributed by atoms with van der Waals surface area (Å²) in [6.07, 6.45) is 7.08. The van der Waals surface area contributed by atoms with Gasteiger partial charge in [0.15, 0.2) is 0 Å². The first-order valence-electron chi connectivity index (χ1n) is 9.66. The van der Waals surface area contributed by atoms with Gasteiger partial charge in [0, 0.05) is 12.2 Å². The lowest BCUT2D eigenvalue weighted by molar-refractivity contribution is 0.884. The highest BCUT2D eigenvalue weighted by atomic mass is 14.9. The molecule has 0 aliphatic rings. The maximum Gasteiger partial charge on any atom is 0.0406 e. The van der Waals surface area contributed by atoms with Crippen LogP contribution >= 0.6 is 0 Å². The van der Waals surface area contributed by atoms with Gasteiger partial charge in [-0.1, -0.05) is 105 Å². The molecular weight excluding hydrogens is 350 g/mol. The predicted octanol–water partition coefficient (Wildman–Crippen LogP) is 6.00. The molecule has 0 saturated heterocycles. The minimum absolute atomic E-state index is 0.705. The van der Waals surface area contributed by atoms with Gasteiger partial charge in [-0.3, -0.25) is 0 Å². The zero-order valence-corrected chi connectivity index (χ0v) is 18.1. The lowest BCUT2D eigenvalue weighted by atomic mass is 10.0. The molecule has 0 amide bonds. The molecule has 0 aromatic heterocycles. The highest BCUT2D eigenvalue weighted by Gasteiger charge is 2.02. The van der Waals surface area contributed by atoms with Crippen LogP contribution in [0.2, 0.25) is 0 Å². The van der Waals surface area contributed by atoms with Crippen LogP contribution in [0.25, 0.3) is 23.9 Å². The molecule has 1 nitrogen and oxygen atoms in total. The Morgan fingerprint density at radius 2 is 1.45 bits per heavy atom. The van der Waals surface area contributed by atoms with Crippen LogP contribution in [0.1, 0.15) is 37.5 Å². The third-order valence-corrected chi connectivity index (χ3v) is 4.65. The summed E-state index contributed by atoms with van der Waals surface area (Å²) in [4.78, 5) is 0. The summed E-state index contributed by atoms with van der Waals surface area (Å²) >= 11 is 0. The molecular formula is C28H33N. The smallest absolute Gasteiger partial charge is 0.0406 e. The highest BCUT2D eigenvalue weighted by molar-refractivity contribution is 5.69. The minimum Gasteiger partial charge on any atom is -0.381 e. The van der Waals surface area contributed by atoms with Crippen molar-refractivity contribution in [3.8, 4) is 0 Å². The number of hydrogen-bond donors (Lipinski definition) is 1. The van der Waals surface area contributed by atoms with E-state index in [9.17, 15) is 0 Å². The SMILES string of the molecule is C=C/C=c1/c(CNC(=C)c2ccc(C(C)=C(C)C)cc2)cccc1=C.C=CC=C. The first kappa shape index (κ1) is 23.7. The summed E-state index contributed by atoms with van der Waals surface area (Å²) in [5.74, 6) is 0. The number of allylic oxidation sites excluding steroid dienone is 5. The van der Waals surface area contributed by atoms with Crippen LogP contribution in [0.3, 0.4) is 0 Å². The van der Waals surface area contributed by atoms with Crippen molar-refractivity contribution in [2.75, 3.05) is 0 Å². The van der Waals surface area contributed by atoms with E-state index in [1.165, 1.54) is 22.3 Å². The van der Waals surface area contributed by atoms with Crippen molar-refractivity contribution in [1.82, 2.24) is 5.32 Å². The summed E-state index contributed by atoms with van der Waals surface area (Å²) in [5, 5.41) is 5.55. The Balaban J connectivity index is 0.000000960. The van der Waals surface area contributed by atoms with Crippen molar-refractivity contribution in [3.05, 3.63) is 120 Å².